The van der Waals surface area contributed by atoms with Gasteiger partial charge < -0.3 is 28.6 Å². The van der Waals surface area contributed by atoms with Gasteiger partial charge in [-0.1, -0.05) is 25.1 Å². The fraction of sp³-hybridized carbons (Fsp3) is 0.652. The largest absolute Gasteiger partial charge is 0.493 e. The van der Waals surface area contributed by atoms with Crippen LogP contribution in [0.5, 0.6) is 11.5 Å². The van der Waals surface area contributed by atoms with Crippen LogP contribution in [0.4, 0.5) is 0 Å². The average molecular weight is 404 g/mol. The first-order chi connectivity index (χ1) is 14.0. The Morgan fingerprint density at radius 3 is 2.62 bits per heavy atom. The molecule has 3 aliphatic rings. The van der Waals surface area contributed by atoms with Crippen LogP contribution in [-0.4, -0.2) is 77.9 Å². The minimum absolute atomic E-state index is 0.0794. The molecule has 0 aromatic heterocycles. The molecule has 0 N–H and O–H groups in total. The molecular formula is C23H33NO5. The van der Waals surface area contributed by atoms with Crippen molar-refractivity contribution in [1.82, 2.24) is 4.90 Å². The normalized spacial score (nSPS) is 31.7. The van der Waals surface area contributed by atoms with Crippen LogP contribution in [0.15, 0.2) is 24.3 Å². The van der Waals surface area contributed by atoms with Crippen LogP contribution in [0.2, 0.25) is 0 Å². The summed E-state index contributed by atoms with van der Waals surface area (Å²) in [5, 5.41) is 0. The van der Waals surface area contributed by atoms with Gasteiger partial charge in [-0.2, -0.15) is 0 Å². The Kier molecular flexibility index (Phi) is 5.89. The van der Waals surface area contributed by atoms with E-state index in [-0.39, 0.29) is 17.6 Å². The molecule has 0 saturated heterocycles. The molecule has 6 nitrogen and oxygen atoms in total. The molecule has 1 aromatic rings. The van der Waals surface area contributed by atoms with Crippen molar-refractivity contribution >= 4 is 0 Å². The quantitative estimate of drug-likeness (QED) is 0.466. The lowest BCUT2D eigenvalue weighted by Gasteiger charge is -2.50. The fourth-order valence-corrected chi connectivity index (χ4v) is 5.34. The number of benzene rings is 1. The molecule has 0 bridgehead atoms. The summed E-state index contributed by atoms with van der Waals surface area (Å²) >= 11 is 0. The maximum atomic E-state index is 6.58. The van der Waals surface area contributed by atoms with E-state index < -0.39 is 0 Å². The molecule has 1 aromatic carbocycles. The standard InChI is InChI=1S/C23H33NO5/c1-23-16-7-9-19(28-13-12-27-11-10-25-4)22(23)29-21-18(26-5)8-6-15(20(21)23)14-17(16)24(2)3/h6-9,16-17,19,22H,10-14H2,1-5H3/t16?,17-,19+,22+,23+/m1/s1. The second-order valence-electron chi connectivity index (χ2n) is 8.54. The molecule has 1 aliphatic heterocycles. The van der Waals surface area contributed by atoms with Crippen molar-refractivity contribution in [3.63, 3.8) is 0 Å². The summed E-state index contributed by atoms with van der Waals surface area (Å²) in [6.45, 7) is 4.58. The zero-order valence-electron chi connectivity index (χ0n) is 18.1. The molecule has 160 valence electrons. The second kappa shape index (κ2) is 8.26. The number of rotatable bonds is 9. The van der Waals surface area contributed by atoms with E-state index >= 15 is 0 Å². The van der Waals surface area contributed by atoms with Gasteiger partial charge in [0.1, 0.15) is 12.2 Å². The number of likely N-dealkylation sites (N-methyl/N-ethyl adjacent to an activating group) is 1. The Hall–Kier alpha value is -1.60. The highest BCUT2D eigenvalue weighted by Gasteiger charge is 2.60. The smallest absolute Gasteiger partial charge is 0.165 e. The number of ether oxygens (including phenoxy) is 5. The van der Waals surface area contributed by atoms with Crippen molar-refractivity contribution in [1.29, 1.82) is 0 Å². The highest BCUT2D eigenvalue weighted by atomic mass is 16.6. The van der Waals surface area contributed by atoms with E-state index in [1.54, 1.807) is 14.2 Å². The van der Waals surface area contributed by atoms with Crippen LogP contribution in [0, 0.1) is 5.92 Å². The van der Waals surface area contributed by atoms with Crippen LogP contribution in [-0.2, 0) is 26.0 Å². The lowest BCUT2D eigenvalue weighted by atomic mass is 9.57. The molecular weight excluding hydrogens is 370 g/mol. The number of nitrogens with zero attached hydrogens (tertiary/aromatic N) is 1. The summed E-state index contributed by atoms with van der Waals surface area (Å²) < 4.78 is 29.0. The van der Waals surface area contributed by atoms with Crippen molar-refractivity contribution < 1.29 is 23.7 Å². The predicted octanol–water partition coefficient (Wildman–Crippen LogP) is 2.43. The van der Waals surface area contributed by atoms with Crippen molar-refractivity contribution in [2.45, 2.75) is 37.0 Å². The van der Waals surface area contributed by atoms with E-state index in [0.717, 1.165) is 17.9 Å². The summed E-state index contributed by atoms with van der Waals surface area (Å²) in [7, 11) is 7.72. The van der Waals surface area contributed by atoms with Gasteiger partial charge in [-0.15, -0.1) is 0 Å². The van der Waals surface area contributed by atoms with E-state index in [1.807, 2.05) is 6.07 Å². The zero-order valence-corrected chi connectivity index (χ0v) is 18.1. The van der Waals surface area contributed by atoms with Gasteiger partial charge in [-0.3, -0.25) is 0 Å². The summed E-state index contributed by atoms with van der Waals surface area (Å²) in [5.41, 5.74) is 2.51. The Labute approximate surface area is 173 Å². The van der Waals surface area contributed by atoms with E-state index in [4.69, 9.17) is 23.7 Å². The summed E-state index contributed by atoms with van der Waals surface area (Å²) in [5.74, 6) is 2.07. The first kappa shape index (κ1) is 20.7. The predicted molar refractivity (Wildman–Crippen MR) is 111 cm³/mol. The van der Waals surface area contributed by atoms with Crippen molar-refractivity contribution in [3.05, 3.63) is 35.4 Å². The lowest BCUT2D eigenvalue weighted by Crippen LogP contribution is -2.59. The molecule has 1 heterocycles. The Morgan fingerprint density at radius 2 is 1.90 bits per heavy atom. The van der Waals surface area contributed by atoms with Crippen LogP contribution in [0.25, 0.3) is 0 Å². The monoisotopic (exact) mass is 403 g/mol. The molecule has 5 atom stereocenters. The van der Waals surface area contributed by atoms with Crippen LogP contribution in [0.1, 0.15) is 18.1 Å². The highest BCUT2D eigenvalue weighted by Crippen LogP contribution is 2.59. The van der Waals surface area contributed by atoms with Gasteiger partial charge in [0.05, 0.1) is 33.5 Å². The Balaban J connectivity index is 1.61. The molecule has 0 spiro atoms. The van der Waals surface area contributed by atoms with E-state index in [9.17, 15) is 0 Å². The summed E-state index contributed by atoms with van der Waals surface area (Å²) in [6, 6.07) is 4.67. The first-order valence-corrected chi connectivity index (χ1v) is 10.4. The lowest BCUT2D eigenvalue weighted by molar-refractivity contribution is -0.0606. The minimum Gasteiger partial charge on any atom is -0.493 e. The first-order valence-electron chi connectivity index (χ1n) is 10.4. The van der Waals surface area contributed by atoms with Gasteiger partial charge in [-0.05, 0) is 32.1 Å². The van der Waals surface area contributed by atoms with Gasteiger partial charge in [0.15, 0.2) is 11.5 Å². The van der Waals surface area contributed by atoms with Gasteiger partial charge in [0.25, 0.3) is 0 Å². The molecule has 1 unspecified atom stereocenters. The molecule has 0 fully saturated rings. The van der Waals surface area contributed by atoms with Crippen LogP contribution in [0.3, 0.4) is 0 Å². The number of hydrogen-bond donors (Lipinski definition) is 0. The summed E-state index contributed by atoms with van der Waals surface area (Å²) in [6.07, 6.45) is 5.35. The molecule has 29 heavy (non-hydrogen) atoms. The molecule has 0 radical (unpaired) electrons. The van der Waals surface area contributed by atoms with Crippen molar-refractivity contribution in [2.24, 2.45) is 5.92 Å². The van der Waals surface area contributed by atoms with Gasteiger partial charge in [0, 0.05) is 30.0 Å². The maximum Gasteiger partial charge on any atom is 0.165 e. The molecule has 4 rings (SSSR count). The number of hydrogen-bond acceptors (Lipinski definition) is 6. The van der Waals surface area contributed by atoms with Gasteiger partial charge in [0.2, 0.25) is 0 Å². The fourth-order valence-electron chi connectivity index (χ4n) is 5.34. The number of methoxy groups -OCH3 is 2. The van der Waals surface area contributed by atoms with Crippen LogP contribution < -0.4 is 9.47 Å². The molecule has 2 aliphatic carbocycles. The summed E-state index contributed by atoms with van der Waals surface area (Å²) in [4.78, 5) is 2.34. The SMILES string of the molecule is COCCOCCO[C@H]1C=CC2[C@H](N(C)C)Cc3ccc(OC)c4c3[C@@]2(C)[C@H]1O4. The third-order valence-corrected chi connectivity index (χ3v) is 6.78. The topological polar surface area (TPSA) is 49.4 Å². The van der Waals surface area contributed by atoms with Crippen LogP contribution >= 0.6 is 0 Å². The third kappa shape index (κ3) is 3.36. The minimum atomic E-state index is -0.150. The van der Waals surface area contributed by atoms with E-state index in [1.165, 1.54) is 11.1 Å². The Morgan fingerprint density at radius 1 is 1.10 bits per heavy atom. The maximum absolute atomic E-state index is 6.58. The molecule has 0 saturated carbocycles. The average Bonchev–Trinajstić information content (AvgIpc) is 3.03. The molecule has 6 heteroatoms. The zero-order chi connectivity index (χ0) is 20.6. The van der Waals surface area contributed by atoms with E-state index in [0.29, 0.717) is 38.4 Å². The van der Waals surface area contributed by atoms with Crippen molar-refractivity contribution in [3.8, 4) is 11.5 Å². The Bertz CT molecular complexity index is 764. The molecule has 0 amide bonds. The highest BCUT2D eigenvalue weighted by molar-refractivity contribution is 5.61. The van der Waals surface area contributed by atoms with Crippen molar-refractivity contribution in [2.75, 3.05) is 54.7 Å². The van der Waals surface area contributed by atoms with Gasteiger partial charge in [-0.25, -0.2) is 0 Å². The van der Waals surface area contributed by atoms with E-state index in [2.05, 4.69) is 44.1 Å². The van der Waals surface area contributed by atoms with Gasteiger partial charge >= 0.3 is 0 Å². The second-order valence-corrected chi connectivity index (χ2v) is 8.54. The third-order valence-electron chi connectivity index (χ3n) is 6.78.